The molecule has 1 aliphatic rings. The van der Waals surface area contributed by atoms with Gasteiger partial charge in [-0.2, -0.15) is 0 Å². The van der Waals surface area contributed by atoms with Gasteiger partial charge in [0.25, 0.3) is 0 Å². The Morgan fingerprint density at radius 3 is 2.44 bits per heavy atom. The number of hydrogen-bond donors (Lipinski definition) is 2. The van der Waals surface area contributed by atoms with Crippen LogP contribution in [0.4, 0.5) is 0 Å². The van der Waals surface area contributed by atoms with Gasteiger partial charge >= 0.3 is 0 Å². The summed E-state index contributed by atoms with van der Waals surface area (Å²) >= 11 is 0. The Labute approximate surface area is 54.8 Å². The number of aliphatic hydroxyl groups excluding tert-OH is 1. The highest BCUT2D eigenvalue weighted by Gasteiger charge is 2.22. The Morgan fingerprint density at radius 1 is 1.33 bits per heavy atom. The smallest absolute Gasteiger partial charge is 0.105 e. The van der Waals surface area contributed by atoms with Crippen molar-refractivity contribution in [3.8, 4) is 0 Å². The van der Waals surface area contributed by atoms with E-state index in [4.69, 9.17) is 11.0 Å². The lowest BCUT2D eigenvalue weighted by Gasteiger charge is -2.24. The van der Waals surface area contributed by atoms with Crippen molar-refractivity contribution in [1.29, 1.82) is 0 Å². The van der Waals surface area contributed by atoms with Gasteiger partial charge in [0.05, 0.1) is 6.10 Å². The molecule has 0 aromatic carbocycles. The van der Waals surface area contributed by atoms with Gasteiger partial charge in [-0.15, -0.1) is 0 Å². The monoisotopic (exact) mass is 131 g/mol. The van der Waals surface area contributed by atoms with E-state index in [0.717, 1.165) is 25.7 Å². The normalized spacial score (nSPS) is 36.7. The molecule has 0 aromatic rings. The van der Waals surface area contributed by atoms with Crippen LogP contribution < -0.4 is 5.90 Å². The summed E-state index contributed by atoms with van der Waals surface area (Å²) in [4.78, 5) is 4.55. The van der Waals surface area contributed by atoms with Crippen molar-refractivity contribution in [3.05, 3.63) is 0 Å². The Balaban J connectivity index is 2.30. The summed E-state index contributed by atoms with van der Waals surface area (Å²) in [7, 11) is 0. The second kappa shape index (κ2) is 3.15. The average Bonchev–Trinajstić information content (AvgIpc) is 1.89. The van der Waals surface area contributed by atoms with Crippen LogP contribution in [-0.4, -0.2) is 17.3 Å². The van der Waals surface area contributed by atoms with Gasteiger partial charge in [-0.1, -0.05) is 12.8 Å². The molecule has 1 saturated carbocycles. The standard InChI is InChI=1S/C6H13NO2/c7-9-6-4-2-1-3-5(6)8/h5-6,8H,1-4,7H2/t5-,6-/m1/s1. The molecule has 2 atom stereocenters. The molecule has 0 bridgehead atoms. The summed E-state index contributed by atoms with van der Waals surface area (Å²) in [6.07, 6.45) is 3.52. The van der Waals surface area contributed by atoms with E-state index in [1.807, 2.05) is 0 Å². The first kappa shape index (κ1) is 6.99. The zero-order chi connectivity index (χ0) is 6.69. The maximum atomic E-state index is 9.16. The first-order valence-corrected chi connectivity index (χ1v) is 3.38. The van der Waals surface area contributed by atoms with Gasteiger partial charge in [-0.05, 0) is 12.8 Å². The molecule has 0 amide bonds. The van der Waals surface area contributed by atoms with Crippen molar-refractivity contribution in [1.82, 2.24) is 0 Å². The summed E-state index contributed by atoms with van der Waals surface area (Å²) in [5.41, 5.74) is 0. The van der Waals surface area contributed by atoms with E-state index in [9.17, 15) is 0 Å². The fraction of sp³-hybridized carbons (Fsp3) is 1.00. The minimum atomic E-state index is -0.330. The molecule has 1 rings (SSSR count). The molecule has 0 radical (unpaired) electrons. The van der Waals surface area contributed by atoms with Gasteiger partial charge in [0.2, 0.25) is 0 Å². The third-order valence-electron chi connectivity index (χ3n) is 1.84. The highest BCUT2D eigenvalue weighted by Crippen LogP contribution is 2.19. The summed E-state index contributed by atoms with van der Waals surface area (Å²) in [5.74, 6) is 4.93. The lowest BCUT2D eigenvalue weighted by molar-refractivity contribution is -0.0601. The molecule has 1 fully saturated rings. The van der Waals surface area contributed by atoms with Crippen LogP contribution in [0.2, 0.25) is 0 Å². The molecule has 54 valence electrons. The van der Waals surface area contributed by atoms with E-state index >= 15 is 0 Å². The predicted molar refractivity (Wildman–Crippen MR) is 33.5 cm³/mol. The van der Waals surface area contributed by atoms with Crippen LogP contribution in [0.5, 0.6) is 0 Å². The SMILES string of the molecule is NO[C@@H]1CCCC[C@H]1O. The average molecular weight is 131 g/mol. The molecule has 0 unspecified atom stereocenters. The van der Waals surface area contributed by atoms with E-state index in [1.165, 1.54) is 0 Å². The molecule has 0 spiro atoms. The van der Waals surface area contributed by atoms with Crippen LogP contribution in [-0.2, 0) is 4.84 Å². The number of rotatable bonds is 1. The van der Waals surface area contributed by atoms with Gasteiger partial charge in [0.15, 0.2) is 0 Å². The number of nitrogens with two attached hydrogens (primary N) is 1. The van der Waals surface area contributed by atoms with E-state index in [0.29, 0.717) is 0 Å². The molecule has 3 heteroatoms. The quantitative estimate of drug-likeness (QED) is 0.499. The van der Waals surface area contributed by atoms with Crippen LogP contribution >= 0.6 is 0 Å². The predicted octanol–water partition coefficient (Wildman–Crippen LogP) is 0.180. The Bertz CT molecular complexity index is 87.1. The van der Waals surface area contributed by atoms with Crippen molar-refractivity contribution in [2.24, 2.45) is 5.90 Å². The Hall–Kier alpha value is -0.120. The topological polar surface area (TPSA) is 55.5 Å². The van der Waals surface area contributed by atoms with Gasteiger partial charge in [-0.25, -0.2) is 5.90 Å². The molecule has 0 aliphatic heterocycles. The van der Waals surface area contributed by atoms with E-state index in [1.54, 1.807) is 0 Å². The van der Waals surface area contributed by atoms with E-state index < -0.39 is 0 Å². The van der Waals surface area contributed by atoms with E-state index in [-0.39, 0.29) is 12.2 Å². The third-order valence-corrected chi connectivity index (χ3v) is 1.84. The van der Waals surface area contributed by atoms with Crippen LogP contribution in [0.1, 0.15) is 25.7 Å². The molecule has 1 aliphatic carbocycles. The van der Waals surface area contributed by atoms with Crippen LogP contribution in [0.15, 0.2) is 0 Å². The van der Waals surface area contributed by atoms with Crippen LogP contribution in [0.3, 0.4) is 0 Å². The first-order chi connectivity index (χ1) is 4.34. The summed E-state index contributed by atoms with van der Waals surface area (Å²) < 4.78 is 0. The summed E-state index contributed by atoms with van der Waals surface area (Å²) in [6.45, 7) is 0. The molecule has 9 heavy (non-hydrogen) atoms. The van der Waals surface area contributed by atoms with Gasteiger partial charge in [0.1, 0.15) is 6.10 Å². The van der Waals surface area contributed by atoms with Crippen LogP contribution in [0, 0.1) is 0 Å². The van der Waals surface area contributed by atoms with Crippen molar-refractivity contribution >= 4 is 0 Å². The number of hydrogen-bond acceptors (Lipinski definition) is 3. The molecule has 0 heterocycles. The Morgan fingerprint density at radius 2 is 2.00 bits per heavy atom. The molecule has 3 N–H and O–H groups in total. The van der Waals surface area contributed by atoms with Gasteiger partial charge in [0, 0.05) is 0 Å². The zero-order valence-electron chi connectivity index (χ0n) is 5.42. The number of aliphatic hydroxyl groups is 1. The third kappa shape index (κ3) is 1.64. The second-order valence-corrected chi connectivity index (χ2v) is 2.53. The maximum Gasteiger partial charge on any atom is 0.105 e. The van der Waals surface area contributed by atoms with Gasteiger partial charge < -0.3 is 5.11 Å². The van der Waals surface area contributed by atoms with E-state index in [2.05, 4.69) is 4.84 Å². The fourth-order valence-corrected chi connectivity index (χ4v) is 1.24. The lowest BCUT2D eigenvalue weighted by atomic mass is 9.95. The Kier molecular flexibility index (Phi) is 2.45. The summed E-state index contributed by atoms with van der Waals surface area (Å²) in [5, 5.41) is 9.16. The highest BCUT2D eigenvalue weighted by atomic mass is 16.6. The second-order valence-electron chi connectivity index (χ2n) is 2.53. The largest absolute Gasteiger partial charge is 0.390 e. The molecular formula is C6H13NO2. The minimum absolute atomic E-state index is 0.112. The van der Waals surface area contributed by atoms with Gasteiger partial charge in [-0.3, -0.25) is 4.84 Å². The molecular weight excluding hydrogens is 118 g/mol. The molecule has 0 saturated heterocycles. The van der Waals surface area contributed by atoms with Crippen molar-refractivity contribution in [3.63, 3.8) is 0 Å². The van der Waals surface area contributed by atoms with Crippen molar-refractivity contribution in [2.75, 3.05) is 0 Å². The first-order valence-electron chi connectivity index (χ1n) is 3.38. The van der Waals surface area contributed by atoms with Crippen molar-refractivity contribution < 1.29 is 9.94 Å². The minimum Gasteiger partial charge on any atom is -0.390 e. The molecule has 0 aromatic heterocycles. The highest BCUT2D eigenvalue weighted by molar-refractivity contribution is 4.73. The zero-order valence-corrected chi connectivity index (χ0v) is 5.42. The summed E-state index contributed by atoms with van der Waals surface area (Å²) in [6, 6.07) is 0. The lowest BCUT2D eigenvalue weighted by Crippen LogP contribution is -2.34. The maximum absolute atomic E-state index is 9.16. The fourth-order valence-electron chi connectivity index (χ4n) is 1.24. The molecule has 3 nitrogen and oxygen atoms in total. The van der Waals surface area contributed by atoms with Crippen LogP contribution in [0.25, 0.3) is 0 Å². The van der Waals surface area contributed by atoms with Crippen molar-refractivity contribution in [2.45, 2.75) is 37.9 Å².